The highest BCUT2D eigenvalue weighted by atomic mass is 35.5. The Balaban J connectivity index is 2.10. The van der Waals surface area contributed by atoms with Crippen LogP contribution in [-0.4, -0.2) is 34.1 Å². The second-order valence-electron chi connectivity index (χ2n) is 5.78. The van der Waals surface area contributed by atoms with Gasteiger partial charge in [-0.15, -0.1) is 11.6 Å². The average Bonchev–Trinajstić information content (AvgIpc) is 2.86. The predicted octanol–water partition coefficient (Wildman–Crippen LogP) is 4.13. The molecule has 1 aliphatic rings. The second kappa shape index (κ2) is 5.93. The molecule has 3 rings (SSSR count). The molecule has 21 heavy (non-hydrogen) atoms. The summed E-state index contributed by atoms with van der Waals surface area (Å²) in [7, 11) is 0. The Kier molecular flexibility index (Phi) is 4.18. The molecular weight excluding hydrogens is 289 g/mol. The van der Waals surface area contributed by atoms with Crippen molar-refractivity contribution in [3.8, 4) is 0 Å². The molecule has 1 fully saturated rings. The van der Waals surface area contributed by atoms with E-state index >= 15 is 0 Å². The van der Waals surface area contributed by atoms with Crippen molar-refractivity contribution in [2.75, 3.05) is 19.6 Å². The lowest BCUT2D eigenvalue weighted by Crippen LogP contribution is -2.36. The number of nitrogens with zero attached hydrogens (tertiary/aromatic N) is 3. The second-order valence-corrected chi connectivity index (χ2v) is 6.43. The maximum Gasteiger partial charge on any atom is 0.128 e. The van der Waals surface area contributed by atoms with Crippen LogP contribution in [0.2, 0.25) is 0 Å². The maximum absolute atomic E-state index is 13.7. The Morgan fingerprint density at radius 3 is 3.00 bits per heavy atom. The van der Waals surface area contributed by atoms with Gasteiger partial charge >= 0.3 is 0 Å². The van der Waals surface area contributed by atoms with E-state index in [1.165, 1.54) is 6.07 Å². The van der Waals surface area contributed by atoms with E-state index in [0.29, 0.717) is 6.04 Å². The Hall–Kier alpha value is -1.13. The average molecular weight is 310 g/mol. The Morgan fingerprint density at radius 1 is 1.48 bits per heavy atom. The van der Waals surface area contributed by atoms with Gasteiger partial charge in [0.15, 0.2) is 0 Å². The van der Waals surface area contributed by atoms with Crippen LogP contribution in [0.5, 0.6) is 0 Å². The fraction of sp³-hybridized carbons (Fsp3) is 0.562. The van der Waals surface area contributed by atoms with Gasteiger partial charge < -0.3 is 9.47 Å². The van der Waals surface area contributed by atoms with Crippen LogP contribution in [0, 0.1) is 5.82 Å². The van der Waals surface area contributed by atoms with Gasteiger partial charge in [0.25, 0.3) is 0 Å². The van der Waals surface area contributed by atoms with E-state index < -0.39 is 0 Å². The van der Waals surface area contributed by atoms with Crippen molar-refractivity contribution in [2.24, 2.45) is 0 Å². The summed E-state index contributed by atoms with van der Waals surface area (Å²) in [5, 5.41) is -0.183. The number of likely N-dealkylation sites (N-methyl/N-ethyl adjacent to an activating group) is 1. The number of benzene rings is 1. The number of alkyl halides is 1. The Bertz CT molecular complexity index is 638. The third-order valence-electron chi connectivity index (χ3n) is 4.33. The van der Waals surface area contributed by atoms with Gasteiger partial charge in [0.1, 0.15) is 11.6 Å². The molecule has 2 unspecified atom stereocenters. The molecule has 0 amide bonds. The van der Waals surface area contributed by atoms with E-state index in [9.17, 15) is 4.39 Å². The van der Waals surface area contributed by atoms with Crippen LogP contribution in [0.4, 0.5) is 4.39 Å². The third-order valence-corrected chi connectivity index (χ3v) is 4.52. The molecule has 0 N–H and O–H groups in total. The third kappa shape index (κ3) is 2.79. The Labute approximate surface area is 129 Å². The molecular formula is C16H21ClFN3. The topological polar surface area (TPSA) is 21.1 Å². The standard InChI is InChI=1S/C16H21ClFN3/c1-3-20-8-4-5-13(10-20)21-15-9-12(18)6-7-14(15)19-16(21)11(2)17/h6-7,9,11,13H,3-5,8,10H2,1-2H3. The Morgan fingerprint density at radius 2 is 2.29 bits per heavy atom. The summed E-state index contributed by atoms with van der Waals surface area (Å²) in [4.78, 5) is 7.06. The molecule has 3 nitrogen and oxygen atoms in total. The molecule has 1 saturated heterocycles. The van der Waals surface area contributed by atoms with E-state index in [4.69, 9.17) is 11.6 Å². The zero-order valence-electron chi connectivity index (χ0n) is 12.5. The minimum absolute atomic E-state index is 0.183. The van der Waals surface area contributed by atoms with Crippen LogP contribution in [0.25, 0.3) is 11.0 Å². The predicted molar refractivity (Wildman–Crippen MR) is 84.3 cm³/mol. The summed E-state index contributed by atoms with van der Waals surface area (Å²) >= 11 is 6.32. The number of aromatic nitrogens is 2. The van der Waals surface area contributed by atoms with Crippen molar-refractivity contribution in [2.45, 2.75) is 38.1 Å². The molecule has 0 aliphatic carbocycles. The molecule has 2 aromatic rings. The molecule has 1 aliphatic heterocycles. The van der Waals surface area contributed by atoms with Crippen molar-refractivity contribution in [3.05, 3.63) is 29.8 Å². The number of imidazole rings is 1. The van der Waals surface area contributed by atoms with E-state index in [2.05, 4.69) is 21.4 Å². The quantitative estimate of drug-likeness (QED) is 0.795. The van der Waals surface area contributed by atoms with Gasteiger partial charge in [0.2, 0.25) is 0 Å². The maximum atomic E-state index is 13.7. The van der Waals surface area contributed by atoms with E-state index in [1.807, 2.05) is 6.92 Å². The number of piperidine rings is 1. The minimum atomic E-state index is -0.222. The van der Waals surface area contributed by atoms with Gasteiger partial charge in [-0.25, -0.2) is 9.37 Å². The first-order valence-corrected chi connectivity index (χ1v) is 8.07. The highest BCUT2D eigenvalue weighted by molar-refractivity contribution is 6.20. The number of halogens is 2. The summed E-state index contributed by atoms with van der Waals surface area (Å²) in [6.07, 6.45) is 2.25. The molecule has 0 saturated carbocycles. The molecule has 1 aromatic heterocycles. The zero-order chi connectivity index (χ0) is 15.0. The molecule has 2 heterocycles. The molecule has 2 atom stereocenters. The minimum Gasteiger partial charge on any atom is -0.322 e. The highest BCUT2D eigenvalue weighted by Gasteiger charge is 2.26. The lowest BCUT2D eigenvalue weighted by Gasteiger charge is -2.34. The van der Waals surface area contributed by atoms with Crippen LogP contribution in [0.15, 0.2) is 18.2 Å². The van der Waals surface area contributed by atoms with Gasteiger partial charge in [-0.3, -0.25) is 0 Å². The van der Waals surface area contributed by atoms with Crippen LogP contribution in [0.3, 0.4) is 0 Å². The van der Waals surface area contributed by atoms with Gasteiger partial charge in [0.05, 0.1) is 16.4 Å². The largest absolute Gasteiger partial charge is 0.322 e. The van der Waals surface area contributed by atoms with Crippen LogP contribution in [0.1, 0.15) is 43.9 Å². The number of hydrogen-bond acceptors (Lipinski definition) is 2. The number of likely N-dealkylation sites (tertiary alicyclic amines) is 1. The van der Waals surface area contributed by atoms with Crippen LogP contribution in [-0.2, 0) is 0 Å². The van der Waals surface area contributed by atoms with Crippen molar-refractivity contribution < 1.29 is 4.39 Å². The lowest BCUT2D eigenvalue weighted by molar-refractivity contribution is 0.185. The summed E-state index contributed by atoms with van der Waals surface area (Å²) in [5.74, 6) is 0.626. The number of fused-ring (bicyclic) bond motifs is 1. The highest BCUT2D eigenvalue weighted by Crippen LogP contribution is 2.32. The van der Waals surface area contributed by atoms with Crippen molar-refractivity contribution in [3.63, 3.8) is 0 Å². The van der Waals surface area contributed by atoms with E-state index in [0.717, 1.165) is 49.3 Å². The molecule has 5 heteroatoms. The fourth-order valence-electron chi connectivity index (χ4n) is 3.28. The molecule has 114 valence electrons. The number of hydrogen-bond donors (Lipinski definition) is 0. The van der Waals surface area contributed by atoms with Crippen LogP contribution >= 0.6 is 11.6 Å². The number of rotatable bonds is 3. The van der Waals surface area contributed by atoms with Crippen molar-refractivity contribution in [1.29, 1.82) is 0 Å². The summed E-state index contributed by atoms with van der Waals surface area (Å²) in [5.41, 5.74) is 1.69. The van der Waals surface area contributed by atoms with Crippen molar-refractivity contribution >= 4 is 22.6 Å². The van der Waals surface area contributed by atoms with Crippen molar-refractivity contribution in [1.82, 2.24) is 14.5 Å². The lowest BCUT2D eigenvalue weighted by atomic mass is 10.0. The summed E-state index contributed by atoms with van der Waals surface area (Å²) in [6.45, 7) is 7.27. The summed E-state index contributed by atoms with van der Waals surface area (Å²) < 4.78 is 15.8. The summed E-state index contributed by atoms with van der Waals surface area (Å²) in [6, 6.07) is 5.10. The van der Waals surface area contributed by atoms with E-state index in [1.54, 1.807) is 12.1 Å². The van der Waals surface area contributed by atoms with Gasteiger partial charge in [-0.05, 0) is 51.1 Å². The molecule has 0 radical (unpaired) electrons. The van der Waals surface area contributed by atoms with Gasteiger partial charge in [0, 0.05) is 12.6 Å². The normalized spacial score (nSPS) is 21.8. The van der Waals surface area contributed by atoms with E-state index in [-0.39, 0.29) is 11.2 Å². The molecule has 1 aromatic carbocycles. The van der Waals surface area contributed by atoms with Gasteiger partial charge in [-0.1, -0.05) is 6.92 Å². The zero-order valence-corrected chi connectivity index (χ0v) is 13.3. The first-order chi connectivity index (χ1) is 10.1. The SMILES string of the molecule is CCN1CCCC(n2c(C(C)Cl)nc3ccc(F)cc32)C1. The fourth-order valence-corrected chi connectivity index (χ4v) is 3.43. The molecule has 0 spiro atoms. The van der Waals surface area contributed by atoms with Crippen LogP contribution < -0.4 is 0 Å². The molecule has 0 bridgehead atoms. The monoisotopic (exact) mass is 309 g/mol. The first-order valence-electron chi connectivity index (χ1n) is 7.64. The first kappa shape index (κ1) is 14.8. The smallest absolute Gasteiger partial charge is 0.128 e. The van der Waals surface area contributed by atoms with Gasteiger partial charge in [-0.2, -0.15) is 0 Å².